The van der Waals surface area contributed by atoms with Crippen LogP contribution in [-0.2, 0) is 0 Å². The molecule has 1 aliphatic carbocycles. The van der Waals surface area contributed by atoms with Crippen LogP contribution in [0.15, 0.2) is 58.8 Å². The summed E-state index contributed by atoms with van der Waals surface area (Å²) < 4.78 is 6.43. The molecule has 5 nitrogen and oxygen atoms in total. The van der Waals surface area contributed by atoms with E-state index in [1.54, 1.807) is 6.07 Å². The molecule has 1 aliphatic heterocycles. The Kier molecular flexibility index (Phi) is 10.5. The highest BCUT2D eigenvalue weighted by Gasteiger charge is 2.39. The third-order valence-corrected chi connectivity index (χ3v) is 6.19. The second-order valence-electron chi connectivity index (χ2n) is 8.49. The Bertz CT molecular complexity index is 1170. The minimum Gasteiger partial charge on any atom is -0.478 e. The van der Waals surface area contributed by atoms with Gasteiger partial charge in [-0.1, -0.05) is 51.5 Å². The van der Waals surface area contributed by atoms with Crippen molar-refractivity contribution in [1.29, 1.82) is 0 Å². The zero-order valence-corrected chi connectivity index (χ0v) is 23.3. The number of hydrogen-bond acceptors (Lipinski definition) is 4. The molecule has 1 heterocycles. The average molecular weight is 491 g/mol. The van der Waals surface area contributed by atoms with E-state index in [4.69, 9.17) is 4.74 Å². The molecule has 2 N–H and O–H groups in total. The van der Waals surface area contributed by atoms with Gasteiger partial charge >= 0.3 is 5.97 Å². The predicted octanol–water partition coefficient (Wildman–Crippen LogP) is 7.93. The first kappa shape index (κ1) is 28.9. The van der Waals surface area contributed by atoms with Crippen LogP contribution in [0.3, 0.4) is 0 Å². The number of rotatable bonds is 5. The molecule has 2 aromatic carbocycles. The van der Waals surface area contributed by atoms with Crippen LogP contribution in [0, 0.1) is 19.8 Å². The van der Waals surface area contributed by atoms with Crippen LogP contribution in [-0.4, -0.2) is 29.9 Å². The first-order chi connectivity index (χ1) is 17.3. The number of aromatic carboxylic acids is 1. The van der Waals surface area contributed by atoms with Crippen LogP contribution >= 0.6 is 0 Å². The van der Waals surface area contributed by atoms with Gasteiger partial charge in [-0.2, -0.15) is 0 Å². The van der Waals surface area contributed by atoms with E-state index < -0.39 is 5.97 Å². The summed E-state index contributed by atoms with van der Waals surface area (Å²) in [7, 11) is 0. The van der Waals surface area contributed by atoms with Gasteiger partial charge in [-0.25, -0.2) is 4.79 Å². The minimum atomic E-state index is -0.909. The van der Waals surface area contributed by atoms with E-state index in [9.17, 15) is 9.90 Å². The second kappa shape index (κ2) is 13.1. The van der Waals surface area contributed by atoms with E-state index >= 15 is 0 Å². The number of carboxylic acids is 1. The van der Waals surface area contributed by atoms with E-state index in [1.165, 1.54) is 0 Å². The molecule has 2 unspecified atom stereocenters. The summed E-state index contributed by atoms with van der Waals surface area (Å²) in [6.07, 6.45) is 4.19. The van der Waals surface area contributed by atoms with Gasteiger partial charge in [-0.15, -0.1) is 0 Å². The Morgan fingerprint density at radius 2 is 1.72 bits per heavy atom. The highest BCUT2D eigenvalue weighted by molar-refractivity contribution is 6.09. The normalized spacial score (nSPS) is 18.6. The number of aliphatic imine (C=N–C) groups is 1. The van der Waals surface area contributed by atoms with Crippen molar-refractivity contribution >= 4 is 17.4 Å². The molecule has 2 aliphatic rings. The number of nitrogens with one attached hydrogen (secondary N) is 1. The van der Waals surface area contributed by atoms with Crippen LogP contribution < -0.4 is 10.1 Å². The van der Waals surface area contributed by atoms with Crippen LogP contribution in [0.25, 0.3) is 0 Å². The third-order valence-electron chi connectivity index (χ3n) is 6.19. The summed E-state index contributed by atoms with van der Waals surface area (Å²) in [5, 5.41) is 13.4. The van der Waals surface area contributed by atoms with E-state index in [0.29, 0.717) is 12.1 Å². The fraction of sp³-hybridized carbons (Fsp3) is 0.419. The zero-order valence-electron chi connectivity index (χ0n) is 23.3. The molecule has 0 bridgehead atoms. The van der Waals surface area contributed by atoms with Crippen LogP contribution in [0.2, 0.25) is 0 Å². The topological polar surface area (TPSA) is 70.9 Å². The number of aryl methyl sites for hydroxylation is 2. The van der Waals surface area contributed by atoms with Gasteiger partial charge in [0.2, 0.25) is 0 Å². The molecular formula is C31H42N2O3. The number of carboxylic acid groups (broad SMARTS) is 1. The third kappa shape index (κ3) is 5.89. The van der Waals surface area contributed by atoms with E-state index in [-0.39, 0.29) is 11.8 Å². The van der Waals surface area contributed by atoms with Crippen molar-refractivity contribution in [3.63, 3.8) is 0 Å². The lowest BCUT2D eigenvalue weighted by Crippen LogP contribution is -2.29. The maximum absolute atomic E-state index is 12.2. The Balaban J connectivity index is 0.00000109. The predicted molar refractivity (Wildman–Crippen MR) is 152 cm³/mol. The summed E-state index contributed by atoms with van der Waals surface area (Å²) in [4.78, 5) is 16.8. The molecule has 36 heavy (non-hydrogen) atoms. The lowest BCUT2D eigenvalue weighted by atomic mass is 9.73. The first-order valence-corrected chi connectivity index (χ1v) is 13.2. The van der Waals surface area contributed by atoms with Gasteiger partial charge in [0.1, 0.15) is 11.5 Å². The van der Waals surface area contributed by atoms with Crippen molar-refractivity contribution < 1.29 is 14.6 Å². The van der Waals surface area contributed by atoms with Crippen molar-refractivity contribution in [3.05, 3.63) is 81.6 Å². The molecule has 5 heteroatoms. The maximum Gasteiger partial charge on any atom is 0.335 e. The number of anilines is 1. The lowest BCUT2D eigenvalue weighted by molar-refractivity contribution is 0.0694. The summed E-state index contributed by atoms with van der Waals surface area (Å²) in [5.41, 5.74) is 7.23. The fourth-order valence-corrected chi connectivity index (χ4v) is 4.71. The standard InChI is InChI=1S/C27H30N2O3.2C2H6/c1-6-28-22-13-24-20(11-16(22)4)26(18-9-8-15(3)10-19(18)27(30)31)21-12-17(5)23(29-7-2)14-25(21)32-24;2*1-2/h8-14,20,26,29H,6-7H2,1-5H3,(H,30,31);2*1-2H3. The van der Waals surface area contributed by atoms with Gasteiger partial charge in [0, 0.05) is 48.3 Å². The first-order valence-electron chi connectivity index (χ1n) is 13.2. The van der Waals surface area contributed by atoms with Gasteiger partial charge in [0.25, 0.3) is 0 Å². The Hall–Kier alpha value is -3.34. The molecule has 0 radical (unpaired) electrons. The van der Waals surface area contributed by atoms with Crippen LogP contribution in [0.5, 0.6) is 5.75 Å². The van der Waals surface area contributed by atoms with Gasteiger partial charge in [-0.3, -0.25) is 4.99 Å². The summed E-state index contributed by atoms with van der Waals surface area (Å²) >= 11 is 0. The molecule has 4 rings (SSSR count). The van der Waals surface area contributed by atoms with Crippen molar-refractivity contribution in [2.45, 2.75) is 68.2 Å². The summed E-state index contributed by atoms with van der Waals surface area (Å²) in [6.45, 7) is 19.6. The summed E-state index contributed by atoms with van der Waals surface area (Å²) in [6, 6.07) is 9.89. The second-order valence-corrected chi connectivity index (χ2v) is 8.49. The Morgan fingerprint density at radius 1 is 1.03 bits per heavy atom. The molecule has 0 aromatic heterocycles. The Labute approximate surface area is 217 Å². The monoisotopic (exact) mass is 490 g/mol. The number of ether oxygens (including phenoxy) is 1. The van der Waals surface area contributed by atoms with Gasteiger partial charge in [0.05, 0.1) is 11.3 Å². The SMILES string of the molecule is CC.CC.CCN=C1C=C2Oc3cc(NCC)c(C)cc3C(c3ccc(C)cc3C(=O)O)C2C=C1C. The highest BCUT2D eigenvalue weighted by atomic mass is 16.5. The summed E-state index contributed by atoms with van der Waals surface area (Å²) in [5.74, 6) is 0.406. The maximum atomic E-state index is 12.2. The Morgan fingerprint density at radius 3 is 2.33 bits per heavy atom. The average Bonchev–Trinajstić information content (AvgIpc) is 2.87. The quantitative estimate of drug-likeness (QED) is 0.446. The van der Waals surface area contributed by atoms with Crippen molar-refractivity contribution in [1.82, 2.24) is 0 Å². The molecule has 2 atom stereocenters. The van der Waals surface area contributed by atoms with Gasteiger partial charge in [-0.05, 0) is 63.5 Å². The number of fused-ring (bicyclic) bond motifs is 2. The van der Waals surface area contributed by atoms with Gasteiger partial charge < -0.3 is 15.2 Å². The highest BCUT2D eigenvalue weighted by Crippen LogP contribution is 2.50. The van der Waals surface area contributed by atoms with E-state index in [1.807, 2.05) is 65.8 Å². The van der Waals surface area contributed by atoms with Crippen LogP contribution in [0.4, 0.5) is 5.69 Å². The zero-order chi connectivity index (χ0) is 27.0. The van der Waals surface area contributed by atoms with E-state index in [0.717, 1.165) is 57.3 Å². The smallest absolute Gasteiger partial charge is 0.335 e. The number of nitrogens with zero attached hydrogens (tertiary/aromatic N) is 1. The number of benzene rings is 2. The largest absolute Gasteiger partial charge is 0.478 e. The molecule has 0 fully saturated rings. The van der Waals surface area contributed by atoms with Gasteiger partial charge in [0.15, 0.2) is 0 Å². The van der Waals surface area contributed by atoms with Crippen molar-refractivity contribution in [2.75, 3.05) is 18.4 Å². The van der Waals surface area contributed by atoms with Crippen LogP contribution in [0.1, 0.15) is 87.0 Å². The lowest BCUT2D eigenvalue weighted by Gasteiger charge is -2.37. The molecule has 0 saturated heterocycles. The molecule has 0 amide bonds. The molecule has 0 saturated carbocycles. The molecule has 2 aromatic rings. The molecule has 194 valence electrons. The number of allylic oxidation sites excluding steroid dienone is 3. The number of hydrogen-bond donors (Lipinski definition) is 2. The minimum absolute atomic E-state index is 0.0940. The van der Waals surface area contributed by atoms with Crippen molar-refractivity contribution in [2.24, 2.45) is 10.9 Å². The fourth-order valence-electron chi connectivity index (χ4n) is 4.71. The van der Waals surface area contributed by atoms with Crippen molar-refractivity contribution in [3.8, 4) is 5.75 Å². The van der Waals surface area contributed by atoms with E-state index in [2.05, 4.69) is 43.2 Å². The number of carbonyl (C=O) groups is 1. The molecule has 0 spiro atoms. The molecular weight excluding hydrogens is 448 g/mol.